The van der Waals surface area contributed by atoms with E-state index in [1.165, 1.54) is 23.1 Å². The van der Waals surface area contributed by atoms with Crippen LogP contribution in [0.2, 0.25) is 10.0 Å². The van der Waals surface area contributed by atoms with Crippen LogP contribution in [-0.2, 0) is 32.6 Å². The van der Waals surface area contributed by atoms with E-state index in [2.05, 4.69) is 5.32 Å². The van der Waals surface area contributed by atoms with Crippen molar-refractivity contribution in [2.75, 3.05) is 17.1 Å². The summed E-state index contributed by atoms with van der Waals surface area (Å²) in [6, 6.07) is 20.3. The van der Waals surface area contributed by atoms with Gasteiger partial charge in [0.1, 0.15) is 12.6 Å². The highest BCUT2D eigenvalue weighted by molar-refractivity contribution is 7.92. The lowest BCUT2D eigenvalue weighted by molar-refractivity contribution is -0.140. The number of carbonyl (C=O) groups excluding carboxylic acids is 2. The second-order valence-corrected chi connectivity index (χ2v) is 12.5. The van der Waals surface area contributed by atoms with E-state index in [1.807, 2.05) is 75.4 Å². The number of nitrogens with zero attached hydrogens (tertiary/aromatic N) is 2. The van der Waals surface area contributed by atoms with Crippen molar-refractivity contribution >= 4 is 50.7 Å². The first kappa shape index (κ1) is 30.5. The summed E-state index contributed by atoms with van der Waals surface area (Å²) in [5.74, 6) is -0.889. The summed E-state index contributed by atoms with van der Waals surface area (Å²) in [4.78, 5) is 29.0. The molecule has 0 radical (unpaired) electrons. The lowest BCUT2D eigenvalue weighted by atomic mass is 10.0. The number of benzene rings is 3. The molecule has 10 heteroatoms. The second kappa shape index (κ2) is 13.3. The lowest BCUT2D eigenvalue weighted by Crippen LogP contribution is -2.54. The first-order valence-corrected chi connectivity index (χ1v) is 15.1. The van der Waals surface area contributed by atoms with Crippen molar-refractivity contribution in [2.45, 2.75) is 45.8 Å². The number of nitrogens with one attached hydrogen (secondary N) is 1. The Morgan fingerprint density at radius 1 is 0.923 bits per heavy atom. The van der Waals surface area contributed by atoms with Crippen molar-refractivity contribution in [1.82, 2.24) is 10.2 Å². The van der Waals surface area contributed by atoms with E-state index in [-0.39, 0.29) is 40.6 Å². The second-order valence-electron chi connectivity index (χ2n) is 9.74. The number of halogens is 2. The maximum Gasteiger partial charge on any atom is 0.244 e. The van der Waals surface area contributed by atoms with E-state index in [0.29, 0.717) is 0 Å². The normalized spacial score (nSPS) is 12.2. The molecule has 0 saturated carbocycles. The maximum absolute atomic E-state index is 14.0. The summed E-state index contributed by atoms with van der Waals surface area (Å²) in [5.41, 5.74) is 2.75. The third kappa shape index (κ3) is 8.71. The Bertz CT molecular complexity index is 1420. The summed E-state index contributed by atoms with van der Waals surface area (Å²) in [5, 5.41) is 3.32. The van der Waals surface area contributed by atoms with Crippen LogP contribution in [0.1, 0.15) is 30.5 Å². The van der Waals surface area contributed by atoms with E-state index >= 15 is 0 Å². The molecule has 0 fully saturated rings. The number of anilines is 1. The predicted octanol–water partition coefficient (Wildman–Crippen LogP) is 5.23. The molecule has 0 aliphatic carbocycles. The Morgan fingerprint density at radius 3 is 2.21 bits per heavy atom. The fraction of sp³-hybridized carbons (Fsp3) is 0.310. The Labute approximate surface area is 240 Å². The number of sulfonamides is 1. The van der Waals surface area contributed by atoms with Crippen molar-refractivity contribution in [3.05, 3.63) is 99.5 Å². The van der Waals surface area contributed by atoms with Crippen molar-refractivity contribution in [2.24, 2.45) is 0 Å². The average molecular weight is 591 g/mol. The Kier molecular flexibility index (Phi) is 10.4. The van der Waals surface area contributed by atoms with Crippen LogP contribution in [0.4, 0.5) is 5.69 Å². The number of amides is 2. The van der Waals surface area contributed by atoms with Gasteiger partial charge in [0.05, 0.1) is 17.0 Å². The standard InChI is InChI=1S/C29H33Cl2N3O4S/c1-20(2)32-29(36)27(16-22-10-6-5-7-11-22)33(18-23-12-8-9-21(3)15-23)28(35)19-34(39(4,37)38)26-17-24(30)13-14-25(26)31/h5-15,17,20,27H,16,18-19H2,1-4H3,(H,32,36)/t27-/m0/s1. The van der Waals surface area contributed by atoms with Gasteiger partial charge in [0, 0.05) is 24.0 Å². The molecule has 0 spiro atoms. The van der Waals surface area contributed by atoms with E-state index in [0.717, 1.165) is 27.3 Å². The molecule has 0 saturated heterocycles. The quantitative estimate of drug-likeness (QED) is 0.331. The number of rotatable bonds is 11. The number of carbonyl (C=O) groups is 2. The van der Waals surface area contributed by atoms with Gasteiger partial charge in [0.25, 0.3) is 0 Å². The van der Waals surface area contributed by atoms with Crippen LogP contribution in [0.15, 0.2) is 72.8 Å². The van der Waals surface area contributed by atoms with Crippen LogP contribution in [0.5, 0.6) is 0 Å². The van der Waals surface area contributed by atoms with Gasteiger partial charge in [0.2, 0.25) is 21.8 Å². The molecule has 0 bridgehead atoms. The SMILES string of the molecule is Cc1cccc(CN(C(=O)CN(c2cc(Cl)ccc2Cl)S(C)(=O)=O)[C@@H](Cc2ccccc2)C(=O)NC(C)C)c1. The minimum Gasteiger partial charge on any atom is -0.352 e. The first-order valence-electron chi connectivity index (χ1n) is 12.5. The number of hydrogen-bond donors (Lipinski definition) is 1. The Balaban J connectivity index is 2.08. The lowest BCUT2D eigenvalue weighted by Gasteiger charge is -2.34. The van der Waals surface area contributed by atoms with Crippen LogP contribution in [0.3, 0.4) is 0 Å². The molecule has 39 heavy (non-hydrogen) atoms. The molecule has 1 N–H and O–H groups in total. The molecule has 3 aromatic rings. The van der Waals surface area contributed by atoms with Gasteiger partial charge >= 0.3 is 0 Å². The largest absolute Gasteiger partial charge is 0.352 e. The van der Waals surface area contributed by atoms with Gasteiger partial charge in [0.15, 0.2) is 0 Å². The topological polar surface area (TPSA) is 86.8 Å². The Hall–Kier alpha value is -3.07. The summed E-state index contributed by atoms with van der Waals surface area (Å²) in [7, 11) is -3.95. The van der Waals surface area contributed by atoms with Crippen molar-refractivity contribution in [3.63, 3.8) is 0 Å². The van der Waals surface area contributed by atoms with E-state index in [4.69, 9.17) is 23.2 Å². The van der Waals surface area contributed by atoms with Gasteiger partial charge in [-0.2, -0.15) is 0 Å². The molecule has 0 aliphatic heterocycles. The predicted molar refractivity (Wildman–Crippen MR) is 158 cm³/mol. The molecular formula is C29H33Cl2N3O4S. The fourth-order valence-electron chi connectivity index (χ4n) is 4.21. The average Bonchev–Trinajstić information content (AvgIpc) is 2.85. The molecule has 3 aromatic carbocycles. The van der Waals surface area contributed by atoms with E-state index in [9.17, 15) is 18.0 Å². The van der Waals surface area contributed by atoms with Crippen LogP contribution < -0.4 is 9.62 Å². The molecular weight excluding hydrogens is 557 g/mol. The fourth-order valence-corrected chi connectivity index (χ4v) is 5.50. The summed E-state index contributed by atoms with van der Waals surface area (Å²) >= 11 is 12.5. The highest BCUT2D eigenvalue weighted by Crippen LogP contribution is 2.31. The molecule has 3 rings (SSSR count). The minimum absolute atomic E-state index is 0.0850. The number of aryl methyl sites for hydroxylation is 1. The molecule has 0 aromatic heterocycles. The zero-order chi connectivity index (χ0) is 28.7. The van der Waals surface area contributed by atoms with Crippen molar-refractivity contribution in [1.29, 1.82) is 0 Å². The third-order valence-electron chi connectivity index (χ3n) is 5.99. The number of hydrogen-bond acceptors (Lipinski definition) is 4. The Morgan fingerprint density at radius 2 is 1.59 bits per heavy atom. The first-order chi connectivity index (χ1) is 18.3. The highest BCUT2D eigenvalue weighted by Gasteiger charge is 2.33. The van der Waals surface area contributed by atoms with E-state index in [1.54, 1.807) is 0 Å². The van der Waals surface area contributed by atoms with Gasteiger partial charge in [-0.25, -0.2) is 8.42 Å². The molecule has 208 valence electrons. The van der Waals surface area contributed by atoms with Gasteiger partial charge in [-0.1, -0.05) is 83.4 Å². The summed E-state index contributed by atoms with van der Waals surface area (Å²) in [6.45, 7) is 5.16. The van der Waals surface area contributed by atoms with Crippen LogP contribution >= 0.6 is 23.2 Å². The molecule has 7 nitrogen and oxygen atoms in total. The van der Waals surface area contributed by atoms with Crippen LogP contribution in [0, 0.1) is 6.92 Å². The van der Waals surface area contributed by atoms with Gasteiger partial charge in [-0.3, -0.25) is 13.9 Å². The van der Waals surface area contributed by atoms with Crippen LogP contribution in [0.25, 0.3) is 0 Å². The summed E-state index contributed by atoms with van der Waals surface area (Å²) in [6.07, 6.45) is 1.24. The van der Waals surface area contributed by atoms with Crippen molar-refractivity contribution in [3.8, 4) is 0 Å². The third-order valence-corrected chi connectivity index (χ3v) is 7.67. The summed E-state index contributed by atoms with van der Waals surface area (Å²) < 4.78 is 26.7. The zero-order valence-corrected chi connectivity index (χ0v) is 24.7. The smallest absolute Gasteiger partial charge is 0.244 e. The van der Waals surface area contributed by atoms with Gasteiger partial charge in [-0.15, -0.1) is 0 Å². The van der Waals surface area contributed by atoms with Crippen LogP contribution in [-0.4, -0.2) is 50.0 Å². The van der Waals surface area contributed by atoms with E-state index < -0.39 is 28.5 Å². The highest BCUT2D eigenvalue weighted by atomic mass is 35.5. The van der Waals surface area contributed by atoms with Crippen molar-refractivity contribution < 1.29 is 18.0 Å². The monoisotopic (exact) mass is 589 g/mol. The zero-order valence-electron chi connectivity index (χ0n) is 22.4. The van der Waals surface area contributed by atoms with Gasteiger partial charge in [-0.05, 0) is 50.1 Å². The maximum atomic E-state index is 14.0. The molecule has 0 aliphatic rings. The molecule has 0 unspecified atom stereocenters. The van der Waals surface area contributed by atoms with Gasteiger partial charge < -0.3 is 10.2 Å². The molecule has 2 amide bonds. The molecule has 1 atom stereocenters. The molecule has 0 heterocycles. The minimum atomic E-state index is -3.95.